The van der Waals surface area contributed by atoms with Gasteiger partial charge in [-0.1, -0.05) is 0 Å². The number of nitrogens with zero attached hydrogens (tertiary/aromatic N) is 1. The third kappa shape index (κ3) is 6.75. The second kappa shape index (κ2) is 5.83. The molecule has 0 heterocycles. The minimum absolute atomic E-state index is 0.0903. The number of anilines is 1. The highest BCUT2D eigenvalue weighted by molar-refractivity contribution is 8.13. The zero-order valence-electron chi connectivity index (χ0n) is 9.60. The number of hydrogen-bond acceptors (Lipinski definition) is 5. The van der Waals surface area contributed by atoms with Crippen LogP contribution in [-0.2, 0) is 9.05 Å². The molecule has 0 fully saturated rings. The minimum Gasteiger partial charge on any atom is -0.398 e. The van der Waals surface area contributed by atoms with Crippen LogP contribution >= 0.6 is 10.7 Å². The van der Waals surface area contributed by atoms with E-state index < -0.39 is 14.0 Å². The number of halogens is 1. The summed E-state index contributed by atoms with van der Waals surface area (Å²) in [5.41, 5.74) is 7.46. The molecule has 0 unspecified atom stereocenters. The van der Waals surface area contributed by atoms with Gasteiger partial charge in [-0.3, -0.25) is 10.1 Å². The number of aryl methyl sites for hydroxylation is 1. The van der Waals surface area contributed by atoms with Crippen molar-refractivity contribution in [2.75, 3.05) is 12.0 Å². The topological polar surface area (TPSA) is 103 Å². The van der Waals surface area contributed by atoms with Crippen molar-refractivity contribution in [3.63, 3.8) is 0 Å². The Hall–Kier alpha value is -1.34. The van der Waals surface area contributed by atoms with Crippen LogP contribution in [0.5, 0.6) is 0 Å². The fourth-order valence-electron chi connectivity index (χ4n) is 1.06. The van der Waals surface area contributed by atoms with E-state index in [0.29, 0.717) is 11.3 Å². The summed E-state index contributed by atoms with van der Waals surface area (Å²) in [6.45, 7) is 3.43. The standard InChI is InChI=1S/C8H10N2O2.CH3ClO2S/c1-5-3-7(9)6(2)8(4-5)10(11)12;1-5(2,3)4/h3-4H,9H2,1-2H3;1H3. The van der Waals surface area contributed by atoms with Crippen LogP contribution in [0.4, 0.5) is 11.4 Å². The van der Waals surface area contributed by atoms with E-state index in [1.54, 1.807) is 19.9 Å². The maximum atomic E-state index is 10.5. The van der Waals surface area contributed by atoms with E-state index in [1.807, 2.05) is 0 Å². The van der Waals surface area contributed by atoms with Crippen molar-refractivity contribution in [3.05, 3.63) is 33.4 Å². The number of nitrogen functional groups attached to an aromatic ring is 1. The average Bonchev–Trinajstić information content (AvgIpc) is 2.07. The van der Waals surface area contributed by atoms with Gasteiger partial charge in [0, 0.05) is 28.0 Å². The highest BCUT2D eigenvalue weighted by Gasteiger charge is 2.12. The first kappa shape index (κ1) is 15.7. The van der Waals surface area contributed by atoms with Gasteiger partial charge in [0.05, 0.1) is 11.2 Å². The van der Waals surface area contributed by atoms with Gasteiger partial charge >= 0.3 is 0 Å². The number of hydrogen-bond donors (Lipinski definition) is 1. The molecule has 0 saturated carbocycles. The molecular weight excluding hydrogens is 268 g/mol. The van der Waals surface area contributed by atoms with E-state index in [4.69, 9.17) is 5.73 Å². The molecule has 2 N–H and O–H groups in total. The Balaban J connectivity index is 0.000000437. The molecule has 0 amide bonds. The largest absolute Gasteiger partial charge is 0.398 e. The lowest BCUT2D eigenvalue weighted by Crippen LogP contribution is -1.97. The van der Waals surface area contributed by atoms with Crippen LogP contribution in [0.3, 0.4) is 0 Å². The number of benzene rings is 1. The smallest absolute Gasteiger partial charge is 0.274 e. The minimum atomic E-state index is -3.19. The summed E-state index contributed by atoms with van der Waals surface area (Å²) in [6, 6.07) is 3.24. The summed E-state index contributed by atoms with van der Waals surface area (Å²) >= 11 is 0. The lowest BCUT2D eigenvalue weighted by molar-refractivity contribution is -0.385. The van der Waals surface area contributed by atoms with E-state index in [0.717, 1.165) is 11.8 Å². The Kier molecular flexibility index (Phi) is 5.37. The molecule has 0 atom stereocenters. The molecule has 1 aromatic carbocycles. The van der Waals surface area contributed by atoms with E-state index in [1.165, 1.54) is 6.07 Å². The van der Waals surface area contributed by atoms with Crippen LogP contribution in [0.1, 0.15) is 11.1 Å². The monoisotopic (exact) mass is 280 g/mol. The van der Waals surface area contributed by atoms with Crippen LogP contribution in [0.15, 0.2) is 12.1 Å². The molecule has 0 aliphatic rings. The molecule has 0 aliphatic carbocycles. The zero-order chi connectivity index (χ0) is 13.8. The number of nitrogens with two attached hydrogens (primary N) is 1. The number of nitro benzene ring substituents is 1. The molecule has 8 heteroatoms. The zero-order valence-corrected chi connectivity index (χ0v) is 11.2. The summed E-state index contributed by atoms with van der Waals surface area (Å²) in [7, 11) is 1.31. The third-order valence-corrected chi connectivity index (χ3v) is 1.76. The van der Waals surface area contributed by atoms with E-state index in [2.05, 4.69) is 10.7 Å². The summed E-state index contributed by atoms with van der Waals surface area (Å²) in [5.74, 6) is 0. The summed E-state index contributed by atoms with van der Waals surface area (Å²) in [5, 5.41) is 10.5. The van der Waals surface area contributed by atoms with Gasteiger partial charge in [-0.2, -0.15) is 0 Å². The Morgan fingerprint density at radius 3 is 2.12 bits per heavy atom. The van der Waals surface area contributed by atoms with E-state index in [-0.39, 0.29) is 5.69 Å². The SMILES string of the molecule is CS(=O)(=O)Cl.Cc1cc(N)c(C)c([N+](=O)[O-])c1. The van der Waals surface area contributed by atoms with Crippen molar-refractivity contribution in [1.82, 2.24) is 0 Å². The van der Waals surface area contributed by atoms with Gasteiger partial charge in [-0.05, 0) is 25.5 Å². The lowest BCUT2D eigenvalue weighted by atomic mass is 10.1. The van der Waals surface area contributed by atoms with Gasteiger partial charge in [0.1, 0.15) is 0 Å². The first-order chi connectivity index (χ1) is 7.52. The Labute approximate surface area is 104 Å². The first-order valence-electron chi connectivity index (χ1n) is 4.43. The molecule has 0 bridgehead atoms. The second-order valence-corrected chi connectivity index (χ2v) is 6.48. The van der Waals surface area contributed by atoms with Crippen molar-refractivity contribution in [2.24, 2.45) is 0 Å². The number of nitro groups is 1. The molecule has 0 saturated heterocycles. The molecule has 0 spiro atoms. The van der Waals surface area contributed by atoms with E-state index >= 15 is 0 Å². The highest BCUT2D eigenvalue weighted by Crippen LogP contribution is 2.24. The molecule has 96 valence electrons. The molecule has 6 nitrogen and oxygen atoms in total. The van der Waals surface area contributed by atoms with Crippen molar-refractivity contribution in [1.29, 1.82) is 0 Å². The van der Waals surface area contributed by atoms with Crippen LogP contribution in [0.2, 0.25) is 0 Å². The summed E-state index contributed by atoms with van der Waals surface area (Å²) in [4.78, 5) is 10.1. The van der Waals surface area contributed by atoms with Crippen LogP contribution < -0.4 is 5.73 Å². The third-order valence-electron chi connectivity index (χ3n) is 1.76. The molecule has 1 rings (SSSR count). The predicted octanol–water partition coefficient (Wildman–Crippen LogP) is 1.98. The van der Waals surface area contributed by atoms with Crippen molar-refractivity contribution in [2.45, 2.75) is 13.8 Å². The maximum absolute atomic E-state index is 10.5. The number of rotatable bonds is 1. The highest BCUT2D eigenvalue weighted by atomic mass is 35.7. The fourth-order valence-corrected chi connectivity index (χ4v) is 1.06. The second-order valence-electron chi connectivity index (χ2n) is 3.44. The summed E-state index contributed by atoms with van der Waals surface area (Å²) in [6.07, 6.45) is 0.925. The molecule has 0 radical (unpaired) electrons. The van der Waals surface area contributed by atoms with Gasteiger partial charge in [0.15, 0.2) is 0 Å². The maximum Gasteiger partial charge on any atom is 0.274 e. The molecule has 1 aromatic rings. The average molecular weight is 281 g/mol. The van der Waals surface area contributed by atoms with Crippen LogP contribution in [-0.4, -0.2) is 19.6 Å². The van der Waals surface area contributed by atoms with Crippen molar-refractivity contribution < 1.29 is 13.3 Å². The van der Waals surface area contributed by atoms with Gasteiger partial charge in [0.2, 0.25) is 9.05 Å². The van der Waals surface area contributed by atoms with Gasteiger partial charge in [-0.25, -0.2) is 8.42 Å². The fraction of sp³-hybridized carbons (Fsp3) is 0.333. The lowest BCUT2D eigenvalue weighted by Gasteiger charge is -2.02. The Bertz CT molecular complexity index is 520. The predicted molar refractivity (Wildman–Crippen MR) is 67.7 cm³/mol. The molecule has 0 aromatic heterocycles. The van der Waals surface area contributed by atoms with Gasteiger partial charge < -0.3 is 5.73 Å². The molecule has 17 heavy (non-hydrogen) atoms. The Morgan fingerprint density at radius 2 is 1.76 bits per heavy atom. The van der Waals surface area contributed by atoms with Crippen LogP contribution in [0, 0.1) is 24.0 Å². The van der Waals surface area contributed by atoms with Gasteiger partial charge in [-0.15, -0.1) is 0 Å². The molecule has 0 aliphatic heterocycles. The van der Waals surface area contributed by atoms with Crippen LogP contribution in [0.25, 0.3) is 0 Å². The first-order valence-corrected chi connectivity index (χ1v) is 7.15. The van der Waals surface area contributed by atoms with Crippen molar-refractivity contribution >= 4 is 31.1 Å². The van der Waals surface area contributed by atoms with Crippen molar-refractivity contribution in [3.8, 4) is 0 Å². The normalized spacial score (nSPS) is 10.4. The van der Waals surface area contributed by atoms with Gasteiger partial charge in [0.25, 0.3) is 5.69 Å². The molecular formula is C9H13ClN2O4S. The summed E-state index contributed by atoms with van der Waals surface area (Å²) < 4.78 is 18.8. The Morgan fingerprint density at radius 1 is 1.35 bits per heavy atom. The quantitative estimate of drug-likeness (QED) is 0.367. The van der Waals surface area contributed by atoms with E-state index in [9.17, 15) is 18.5 Å².